The number of aromatic nitrogens is 2. The first-order valence-corrected chi connectivity index (χ1v) is 9.20. The number of benzene rings is 1. The predicted molar refractivity (Wildman–Crippen MR) is 102 cm³/mol. The third kappa shape index (κ3) is 3.19. The van der Waals surface area contributed by atoms with Crippen molar-refractivity contribution < 1.29 is 19.1 Å². The summed E-state index contributed by atoms with van der Waals surface area (Å²) in [4.78, 5) is 26.6. The Morgan fingerprint density at radius 1 is 1.18 bits per heavy atom. The van der Waals surface area contributed by atoms with Gasteiger partial charge in [0.05, 0.1) is 17.4 Å². The van der Waals surface area contributed by atoms with Crippen LogP contribution in [-0.2, 0) is 4.79 Å². The maximum Gasteiger partial charge on any atom is 0.311 e. The van der Waals surface area contributed by atoms with Crippen molar-refractivity contribution in [1.29, 1.82) is 0 Å². The molecule has 1 saturated heterocycles. The van der Waals surface area contributed by atoms with Gasteiger partial charge in [0.1, 0.15) is 11.4 Å². The summed E-state index contributed by atoms with van der Waals surface area (Å²) >= 11 is 0. The summed E-state index contributed by atoms with van der Waals surface area (Å²) in [5, 5.41) is 14.1. The number of amides is 1. The maximum absolute atomic E-state index is 13.3. The molecular weight excluding hydrogens is 358 g/mol. The van der Waals surface area contributed by atoms with Crippen LogP contribution < -0.4 is 0 Å². The van der Waals surface area contributed by atoms with Crippen LogP contribution in [0.4, 0.5) is 0 Å². The van der Waals surface area contributed by atoms with Crippen LogP contribution in [-0.4, -0.2) is 44.8 Å². The normalized spacial score (nSPS) is 19.5. The number of para-hydroxylation sites is 1. The molecule has 3 aromatic rings. The van der Waals surface area contributed by atoms with E-state index in [9.17, 15) is 14.7 Å². The number of aliphatic carboxylic acids is 1. The van der Waals surface area contributed by atoms with E-state index in [0.717, 1.165) is 5.69 Å². The van der Waals surface area contributed by atoms with Gasteiger partial charge in [-0.2, -0.15) is 5.10 Å². The highest BCUT2D eigenvalue weighted by Crippen LogP contribution is 2.31. The van der Waals surface area contributed by atoms with Gasteiger partial charge in [-0.3, -0.25) is 9.59 Å². The lowest BCUT2D eigenvalue weighted by molar-refractivity contribution is -0.150. The van der Waals surface area contributed by atoms with E-state index in [1.165, 1.54) is 0 Å². The fourth-order valence-corrected chi connectivity index (χ4v) is 3.59. The highest BCUT2D eigenvalue weighted by atomic mass is 16.4. The molecule has 1 N–H and O–H groups in total. The highest BCUT2D eigenvalue weighted by molar-refractivity contribution is 5.94. The summed E-state index contributed by atoms with van der Waals surface area (Å²) in [6, 6.07) is 14.6. The minimum atomic E-state index is -0.935. The van der Waals surface area contributed by atoms with Crippen molar-refractivity contribution >= 4 is 11.9 Å². The van der Waals surface area contributed by atoms with E-state index in [2.05, 4.69) is 5.10 Å². The molecule has 4 rings (SSSR count). The number of nitrogens with zero attached hydrogens (tertiary/aromatic N) is 3. The number of carbonyl (C=O) groups is 2. The fourth-order valence-electron chi connectivity index (χ4n) is 3.59. The zero-order valence-electron chi connectivity index (χ0n) is 15.5. The van der Waals surface area contributed by atoms with Crippen LogP contribution >= 0.6 is 0 Å². The molecule has 1 unspecified atom stereocenters. The summed E-state index contributed by atoms with van der Waals surface area (Å²) in [7, 11) is 0. The lowest BCUT2D eigenvalue weighted by Crippen LogP contribution is -2.48. The highest BCUT2D eigenvalue weighted by Gasteiger charge is 2.40. The van der Waals surface area contributed by atoms with Crippen LogP contribution in [0.2, 0.25) is 0 Å². The summed E-state index contributed by atoms with van der Waals surface area (Å²) in [6.45, 7) is 2.40. The molecule has 7 nitrogen and oxygen atoms in total. The number of carboxylic acids is 1. The Hall–Kier alpha value is -3.35. The molecule has 1 aliphatic heterocycles. The first-order chi connectivity index (χ1) is 13.5. The molecule has 1 atom stereocenters. The second kappa shape index (κ2) is 6.99. The first kappa shape index (κ1) is 18.0. The monoisotopic (exact) mass is 379 g/mol. The minimum absolute atomic E-state index is 0.178. The van der Waals surface area contributed by atoms with Crippen LogP contribution in [0.5, 0.6) is 0 Å². The van der Waals surface area contributed by atoms with Gasteiger partial charge in [0.15, 0.2) is 5.76 Å². The lowest BCUT2D eigenvalue weighted by atomic mass is 9.82. The number of hydrogen-bond acceptors (Lipinski definition) is 4. The number of hydrogen-bond donors (Lipinski definition) is 1. The zero-order chi connectivity index (χ0) is 19.7. The lowest BCUT2D eigenvalue weighted by Gasteiger charge is -2.37. The summed E-state index contributed by atoms with van der Waals surface area (Å²) in [5.41, 5.74) is 0.749. The third-order valence-electron chi connectivity index (χ3n) is 5.20. The van der Waals surface area contributed by atoms with Crippen molar-refractivity contribution in [2.45, 2.75) is 19.8 Å². The van der Waals surface area contributed by atoms with E-state index < -0.39 is 11.4 Å². The molecule has 1 amide bonds. The van der Waals surface area contributed by atoms with Crippen molar-refractivity contribution in [2.24, 2.45) is 5.41 Å². The fraction of sp³-hybridized carbons (Fsp3) is 0.286. The van der Waals surface area contributed by atoms with Crippen molar-refractivity contribution in [3.8, 4) is 17.1 Å². The Labute approximate surface area is 162 Å². The maximum atomic E-state index is 13.3. The number of likely N-dealkylation sites (tertiary alicyclic amines) is 1. The Morgan fingerprint density at radius 3 is 2.64 bits per heavy atom. The molecule has 0 saturated carbocycles. The molecule has 7 heteroatoms. The number of piperidine rings is 1. The second-order valence-electron chi connectivity index (χ2n) is 7.34. The van der Waals surface area contributed by atoms with E-state index >= 15 is 0 Å². The Kier molecular flexibility index (Phi) is 4.50. The Balaban J connectivity index is 1.74. The van der Waals surface area contributed by atoms with E-state index in [1.54, 1.807) is 41.0 Å². The average Bonchev–Trinajstić information content (AvgIpc) is 3.38. The van der Waals surface area contributed by atoms with Gasteiger partial charge >= 0.3 is 5.97 Å². The van der Waals surface area contributed by atoms with Gasteiger partial charge in [-0.1, -0.05) is 18.2 Å². The summed E-state index contributed by atoms with van der Waals surface area (Å²) < 4.78 is 7.03. The minimum Gasteiger partial charge on any atom is -0.481 e. The third-order valence-corrected chi connectivity index (χ3v) is 5.20. The standard InChI is InChI=1S/C21H21N3O4/c1-21(20(26)27)10-6-11-23(14-21)19(25)17-13-16(18-9-5-12-28-18)22-24(17)15-7-3-2-4-8-15/h2-5,7-9,12-13H,6,10-11,14H2,1H3,(H,26,27). The molecule has 0 bridgehead atoms. The number of furan rings is 1. The van der Waals surface area contributed by atoms with Gasteiger partial charge in [0.25, 0.3) is 5.91 Å². The van der Waals surface area contributed by atoms with Crippen molar-refractivity contribution in [3.63, 3.8) is 0 Å². The average molecular weight is 379 g/mol. The largest absolute Gasteiger partial charge is 0.481 e. The molecule has 3 heterocycles. The number of rotatable bonds is 4. The van der Waals surface area contributed by atoms with Gasteiger partial charge in [-0.05, 0) is 44.0 Å². The summed E-state index contributed by atoms with van der Waals surface area (Å²) in [6.07, 6.45) is 2.77. The molecule has 0 radical (unpaired) electrons. The molecule has 1 aliphatic rings. The van der Waals surface area contributed by atoms with Crippen LogP contribution in [0.25, 0.3) is 17.1 Å². The van der Waals surface area contributed by atoms with Gasteiger partial charge in [0.2, 0.25) is 0 Å². The van der Waals surface area contributed by atoms with Crippen molar-refractivity contribution in [2.75, 3.05) is 13.1 Å². The van der Waals surface area contributed by atoms with Gasteiger partial charge in [-0.25, -0.2) is 4.68 Å². The van der Waals surface area contributed by atoms with Crippen LogP contribution in [0.1, 0.15) is 30.3 Å². The Bertz CT molecular complexity index is 994. The van der Waals surface area contributed by atoms with E-state index in [-0.39, 0.29) is 12.5 Å². The Morgan fingerprint density at radius 2 is 1.96 bits per heavy atom. The van der Waals surface area contributed by atoms with Crippen LogP contribution in [0.15, 0.2) is 59.2 Å². The van der Waals surface area contributed by atoms with E-state index in [1.807, 2.05) is 30.3 Å². The zero-order valence-corrected chi connectivity index (χ0v) is 15.5. The van der Waals surface area contributed by atoms with Crippen molar-refractivity contribution in [1.82, 2.24) is 14.7 Å². The molecule has 28 heavy (non-hydrogen) atoms. The van der Waals surface area contributed by atoms with Gasteiger partial charge in [-0.15, -0.1) is 0 Å². The van der Waals surface area contributed by atoms with E-state index in [0.29, 0.717) is 36.5 Å². The number of carbonyl (C=O) groups excluding carboxylic acids is 1. The molecule has 144 valence electrons. The molecule has 0 spiro atoms. The quantitative estimate of drug-likeness (QED) is 0.750. The smallest absolute Gasteiger partial charge is 0.311 e. The SMILES string of the molecule is CC1(C(=O)O)CCCN(C(=O)c2cc(-c3ccco3)nn2-c2ccccc2)C1. The molecule has 1 fully saturated rings. The van der Waals surface area contributed by atoms with Crippen LogP contribution in [0, 0.1) is 5.41 Å². The molecular formula is C21H21N3O4. The number of carboxylic acid groups (broad SMARTS) is 1. The predicted octanol–water partition coefficient (Wildman–Crippen LogP) is 3.46. The van der Waals surface area contributed by atoms with Crippen molar-refractivity contribution in [3.05, 3.63) is 60.5 Å². The first-order valence-electron chi connectivity index (χ1n) is 9.20. The van der Waals surface area contributed by atoms with Gasteiger partial charge in [0, 0.05) is 19.2 Å². The molecule has 0 aliphatic carbocycles. The van der Waals surface area contributed by atoms with E-state index in [4.69, 9.17) is 4.42 Å². The molecule has 2 aromatic heterocycles. The topological polar surface area (TPSA) is 88.6 Å². The second-order valence-corrected chi connectivity index (χ2v) is 7.34. The summed E-state index contributed by atoms with van der Waals surface area (Å²) in [5.74, 6) is -0.545. The van der Waals surface area contributed by atoms with Crippen LogP contribution in [0.3, 0.4) is 0 Å². The van der Waals surface area contributed by atoms with Gasteiger partial charge < -0.3 is 14.4 Å². The molecule has 1 aromatic carbocycles.